The van der Waals surface area contributed by atoms with Crippen molar-refractivity contribution in [3.05, 3.63) is 30.3 Å². The number of nitrogens with zero attached hydrogens (tertiary/aromatic N) is 4. The number of hydrogen-bond acceptors (Lipinski definition) is 4. The van der Waals surface area contributed by atoms with Gasteiger partial charge in [-0.15, -0.1) is 0 Å². The quantitative estimate of drug-likeness (QED) is 0.751. The highest BCUT2D eigenvalue weighted by Gasteiger charge is 2.37. The Labute approximate surface area is 144 Å². The van der Waals surface area contributed by atoms with Crippen LogP contribution in [-0.4, -0.2) is 61.0 Å². The number of para-hydroxylation sites is 1. The van der Waals surface area contributed by atoms with Crippen LogP contribution in [0.1, 0.15) is 25.7 Å². The molecule has 0 radical (unpaired) electrons. The van der Waals surface area contributed by atoms with Gasteiger partial charge in [-0.2, -0.15) is 5.26 Å². The lowest BCUT2D eigenvalue weighted by molar-refractivity contribution is -0.122. The second kappa shape index (κ2) is 8.27. The van der Waals surface area contributed by atoms with Gasteiger partial charge in [0.05, 0.1) is 12.1 Å². The Morgan fingerprint density at radius 3 is 2.50 bits per heavy atom. The fourth-order valence-corrected chi connectivity index (χ4v) is 3.71. The van der Waals surface area contributed by atoms with Crippen molar-refractivity contribution in [2.24, 2.45) is 0 Å². The molecule has 0 saturated carbocycles. The number of nitriles is 1. The van der Waals surface area contributed by atoms with E-state index < -0.39 is 0 Å². The Kier molecular flexibility index (Phi) is 5.84. The third kappa shape index (κ3) is 3.95. The van der Waals surface area contributed by atoms with Gasteiger partial charge in [0.25, 0.3) is 0 Å². The Balaban J connectivity index is 1.47. The van der Waals surface area contributed by atoms with E-state index >= 15 is 0 Å². The van der Waals surface area contributed by atoms with Gasteiger partial charge in [0.15, 0.2) is 0 Å². The second-order valence-corrected chi connectivity index (χ2v) is 6.62. The number of carbonyl (C=O) groups excluding carboxylic acids is 1. The summed E-state index contributed by atoms with van der Waals surface area (Å²) >= 11 is 0. The first-order valence-corrected chi connectivity index (χ1v) is 8.99. The molecule has 5 heteroatoms. The molecule has 2 fully saturated rings. The van der Waals surface area contributed by atoms with Gasteiger partial charge in [0.2, 0.25) is 5.91 Å². The Morgan fingerprint density at radius 1 is 1.04 bits per heavy atom. The molecular weight excluding hydrogens is 300 g/mol. The normalized spacial score (nSPS) is 22.7. The fourth-order valence-electron chi connectivity index (χ4n) is 3.71. The summed E-state index contributed by atoms with van der Waals surface area (Å²) in [7, 11) is 0. The molecule has 1 aromatic rings. The fraction of sp³-hybridized carbons (Fsp3) is 0.579. The summed E-state index contributed by atoms with van der Waals surface area (Å²) in [5.41, 5.74) is 1.01. The van der Waals surface area contributed by atoms with Crippen LogP contribution in [0.25, 0.3) is 0 Å². The molecule has 5 nitrogen and oxygen atoms in total. The third-order valence-electron chi connectivity index (χ3n) is 5.11. The number of benzene rings is 1. The van der Waals surface area contributed by atoms with E-state index in [0.717, 1.165) is 64.2 Å². The lowest BCUT2D eigenvalue weighted by atomic mass is 10.1. The van der Waals surface area contributed by atoms with Crippen LogP contribution in [0.15, 0.2) is 30.3 Å². The van der Waals surface area contributed by atoms with Gasteiger partial charge in [-0.05, 0) is 37.9 Å². The number of carbonyl (C=O) groups is 1. The van der Waals surface area contributed by atoms with Crippen LogP contribution >= 0.6 is 0 Å². The summed E-state index contributed by atoms with van der Waals surface area (Å²) < 4.78 is 0. The zero-order valence-electron chi connectivity index (χ0n) is 14.2. The number of rotatable bonds is 6. The minimum atomic E-state index is 0.0472. The number of hydrogen-bond donors (Lipinski definition) is 0. The van der Waals surface area contributed by atoms with E-state index in [0.29, 0.717) is 6.42 Å². The van der Waals surface area contributed by atoms with Gasteiger partial charge in [0.1, 0.15) is 0 Å². The second-order valence-electron chi connectivity index (χ2n) is 6.62. The van der Waals surface area contributed by atoms with Crippen molar-refractivity contribution >= 4 is 11.6 Å². The van der Waals surface area contributed by atoms with Crippen LogP contribution in [0.5, 0.6) is 0 Å². The largest absolute Gasteiger partial charge is 0.311 e. The molecule has 0 aliphatic carbocycles. The zero-order valence-corrected chi connectivity index (χ0v) is 14.2. The van der Waals surface area contributed by atoms with Crippen LogP contribution in [0.4, 0.5) is 5.69 Å². The SMILES string of the molecule is N#CCCCCN1CCN([C@H]2CCN(c3ccccc3)C2=O)CC1. The summed E-state index contributed by atoms with van der Waals surface area (Å²) in [6.45, 7) is 5.89. The Bertz CT molecular complexity index is 575. The first-order chi connectivity index (χ1) is 11.8. The monoisotopic (exact) mass is 326 g/mol. The standard InChI is InChI=1S/C19H26N4O/c20-10-5-2-6-11-21-13-15-22(16-14-21)18-9-12-23(19(18)24)17-7-3-1-4-8-17/h1,3-4,7-8,18H,2,5-6,9,11-16H2/t18-/m0/s1. The number of anilines is 1. The molecule has 128 valence electrons. The summed E-state index contributed by atoms with van der Waals surface area (Å²) in [4.78, 5) is 19.5. The van der Waals surface area contributed by atoms with Crippen molar-refractivity contribution in [1.29, 1.82) is 5.26 Å². The zero-order chi connectivity index (χ0) is 16.8. The molecule has 0 bridgehead atoms. The van der Waals surface area contributed by atoms with E-state index in [4.69, 9.17) is 5.26 Å². The smallest absolute Gasteiger partial charge is 0.244 e. The molecular formula is C19H26N4O. The van der Waals surface area contributed by atoms with Gasteiger partial charge in [-0.25, -0.2) is 0 Å². The molecule has 1 aromatic carbocycles. The van der Waals surface area contributed by atoms with Crippen molar-refractivity contribution in [1.82, 2.24) is 9.80 Å². The molecule has 2 aliphatic rings. The van der Waals surface area contributed by atoms with Gasteiger partial charge in [0, 0.05) is 44.8 Å². The topological polar surface area (TPSA) is 50.6 Å². The van der Waals surface area contributed by atoms with Crippen LogP contribution in [0.3, 0.4) is 0 Å². The summed E-state index contributed by atoms with van der Waals surface area (Å²) in [6.07, 6.45) is 3.67. The van der Waals surface area contributed by atoms with Crippen molar-refractivity contribution in [2.45, 2.75) is 31.7 Å². The van der Waals surface area contributed by atoms with E-state index in [9.17, 15) is 4.79 Å². The Morgan fingerprint density at radius 2 is 1.79 bits per heavy atom. The molecule has 1 amide bonds. The van der Waals surface area contributed by atoms with Crippen LogP contribution in [0.2, 0.25) is 0 Å². The van der Waals surface area contributed by atoms with Gasteiger partial charge < -0.3 is 9.80 Å². The Hall–Kier alpha value is -1.90. The van der Waals surface area contributed by atoms with Gasteiger partial charge in [-0.1, -0.05) is 18.2 Å². The average Bonchev–Trinajstić information content (AvgIpc) is 3.01. The molecule has 24 heavy (non-hydrogen) atoms. The minimum absolute atomic E-state index is 0.0472. The number of piperazine rings is 1. The third-order valence-corrected chi connectivity index (χ3v) is 5.11. The van der Waals surface area contributed by atoms with Crippen molar-refractivity contribution in [2.75, 3.05) is 44.2 Å². The molecule has 2 heterocycles. The van der Waals surface area contributed by atoms with Crippen LogP contribution in [-0.2, 0) is 4.79 Å². The van der Waals surface area contributed by atoms with Crippen molar-refractivity contribution < 1.29 is 4.79 Å². The van der Waals surface area contributed by atoms with E-state index in [2.05, 4.69) is 15.9 Å². The van der Waals surface area contributed by atoms with Crippen LogP contribution < -0.4 is 4.90 Å². The highest BCUT2D eigenvalue weighted by atomic mass is 16.2. The van der Waals surface area contributed by atoms with Crippen molar-refractivity contribution in [3.63, 3.8) is 0 Å². The summed E-state index contributed by atoms with van der Waals surface area (Å²) in [5.74, 6) is 0.253. The predicted molar refractivity (Wildman–Crippen MR) is 94.7 cm³/mol. The lowest BCUT2D eigenvalue weighted by Crippen LogP contribution is -2.52. The predicted octanol–water partition coefficient (Wildman–Crippen LogP) is 2.10. The molecule has 1 atom stereocenters. The van der Waals surface area contributed by atoms with E-state index in [1.165, 1.54) is 0 Å². The maximum atomic E-state index is 12.8. The lowest BCUT2D eigenvalue weighted by Gasteiger charge is -2.37. The number of unbranched alkanes of at least 4 members (excludes halogenated alkanes) is 2. The first kappa shape index (κ1) is 16.9. The molecule has 0 unspecified atom stereocenters. The molecule has 0 spiro atoms. The van der Waals surface area contributed by atoms with E-state index in [-0.39, 0.29) is 11.9 Å². The highest BCUT2D eigenvalue weighted by molar-refractivity contribution is 5.99. The van der Waals surface area contributed by atoms with Crippen molar-refractivity contribution in [3.8, 4) is 6.07 Å². The summed E-state index contributed by atoms with van der Waals surface area (Å²) in [5, 5.41) is 8.58. The van der Waals surface area contributed by atoms with Gasteiger partial charge >= 0.3 is 0 Å². The van der Waals surface area contributed by atoms with E-state index in [1.54, 1.807) is 0 Å². The molecule has 0 aromatic heterocycles. The van der Waals surface area contributed by atoms with Gasteiger partial charge in [-0.3, -0.25) is 9.69 Å². The highest BCUT2D eigenvalue weighted by Crippen LogP contribution is 2.24. The average molecular weight is 326 g/mol. The maximum absolute atomic E-state index is 12.8. The number of amides is 1. The first-order valence-electron chi connectivity index (χ1n) is 8.99. The van der Waals surface area contributed by atoms with E-state index in [1.807, 2.05) is 35.2 Å². The molecule has 2 saturated heterocycles. The minimum Gasteiger partial charge on any atom is -0.311 e. The molecule has 0 N–H and O–H groups in total. The summed E-state index contributed by atoms with van der Waals surface area (Å²) in [6, 6.07) is 12.2. The molecule has 3 rings (SSSR count). The van der Waals surface area contributed by atoms with Crippen LogP contribution in [0, 0.1) is 11.3 Å². The maximum Gasteiger partial charge on any atom is 0.244 e. The molecule has 2 aliphatic heterocycles.